The van der Waals surface area contributed by atoms with E-state index in [4.69, 9.17) is 9.84 Å². The lowest BCUT2D eigenvalue weighted by molar-refractivity contribution is -0.116. The molecule has 1 aromatic carbocycles. The molecule has 0 atom stereocenters. The summed E-state index contributed by atoms with van der Waals surface area (Å²) >= 11 is 0. The van der Waals surface area contributed by atoms with E-state index < -0.39 is 0 Å². The van der Waals surface area contributed by atoms with Crippen LogP contribution in [0.25, 0.3) is 6.08 Å². The lowest BCUT2D eigenvalue weighted by Gasteiger charge is -2.06. The number of amides is 1. The van der Waals surface area contributed by atoms with Gasteiger partial charge in [0.1, 0.15) is 5.75 Å². The van der Waals surface area contributed by atoms with E-state index in [9.17, 15) is 4.79 Å². The quantitative estimate of drug-likeness (QED) is 0.515. The third-order valence-corrected chi connectivity index (χ3v) is 3.02. The minimum absolute atomic E-state index is 0.0940. The number of carbonyl (C=O) groups excluding carboxylic acids is 1. The Kier molecular flexibility index (Phi) is 8.96. The zero-order chi connectivity index (χ0) is 15.3. The van der Waals surface area contributed by atoms with E-state index >= 15 is 0 Å². The predicted molar refractivity (Wildman–Crippen MR) is 85.2 cm³/mol. The maximum Gasteiger partial charge on any atom is 0.244 e. The number of hydrogen-bond donors (Lipinski definition) is 2. The summed E-state index contributed by atoms with van der Waals surface area (Å²) in [6, 6.07) is 7.64. The summed E-state index contributed by atoms with van der Waals surface area (Å²) in [5.74, 6) is 0.691. The molecule has 0 spiro atoms. The molecule has 0 saturated heterocycles. The molecule has 1 amide bonds. The van der Waals surface area contributed by atoms with Crippen LogP contribution in [0.15, 0.2) is 30.3 Å². The maximum absolute atomic E-state index is 11.7. The lowest BCUT2D eigenvalue weighted by Crippen LogP contribution is -2.21. The fourth-order valence-electron chi connectivity index (χ4n) is 1.93. The van der Waals surface area contributed by atoms with Gasteiger partial charge in [0.15, 0.2) is 0 Å². The molecule has 0 bridgehead atoms. The Hall–Kier alpha value is -1.81. The second-order valence-corrected chi connectivity index (χ2v) is 4.73. The van der Waals surface area contributed by atoms with Crippen LogP contribution in [0.5, 0.6) is 5.75 Å². The van der Waals surface area contributed by atoms with Gasteiger partial charge in [-0.15, -0.1) is 0 Å². The van der Waals surface area contributed by atoms with Gasteiger partial charge in [0, 0.05) is 24.8 Å². The number of aliphatic hydroxyl groups excluding tert-OH is 1. The maximum atomic E-state index is 11.7. The Morgan fingerprint density at radius 3 is 2.76 bits per heavy atom. The molecule has 1 rings (SSSR count). The van der Waals surface area contributed by atoms with E-state index in [1.165, 1.54) is 6.08 Å². The molecule has 21 heavy (non-hydrogen) atoms. The first kappa shape index (κ1) is 17.2. The Bertz CT molecular complexity index is 443. The molecule has 0 unspecified atom stereocenters. The lowest BCUT2D eigenvalue weighted by atomic mass is 10.2. The van der Waals surface area contributed by atoms with Gasteiger partial charge < -0.3 is 15.2 Å². The van der Waals surface area contributed by atoms with Crippen LogP contribution in [-0.2, 0) is 4.79 Å². The van der Waals surface area contributed by atoms with Gasteiger partial charge in [-0.3, -0.25) is 4.79 Å². The van der Waals surface area contributed by atoms with Crippen LogP contribution in [0.2, 0.25) is 0 Å². The normalized spacial score (nSPS) is 10.8. The van der Waals surface area contributed by atoms with E-state index in [1.807, 2.05) is 31.2 Å². The smallest absolute Gasteiger partial charge is 0.244 e. The number of nitrogens with one attached hydrogen (secondary N) is 1. The highest BCUT2D eigenvalue weighted by Gasteiger charge is 2.00. The summed E-state index contributed by atoms with van der Waals surface area (Å²) in [6.45, 7) is 3.45. The monoisotopic (exact) mass is 291 g/mol. The molecule has 1 aromatic rings. The van der Waals surface area contributed by atoms with Gasteiger partial charge >= 0.3 is 0 Å². The Labute approximate surface area is 126 Å². The number of aliphatic hydroxyl groups is 1. The number of ether oxygens (including phenoxy) is 1. The molecule has 116 valence electrons. The van der Waals surface area contributed by atoms with Gasteiger partial charge in [-0.2, -0.15) is 0 Å². The van der Waals surface area contributed by atoms with Crippen LogP contribution in [0.1, 0.15) is 38.2 Å². The van der Waals surface area contributed by atoms with Crippen molar-refractivity contribution in [1.82, 2.24) is 5.32 Å². The van der Waals surface area contributed by atoms with Crippen molar-refractivity contribution in [1.29, 1.82) is 0 Å². The summed E-state index contributed by atoms with van der Waals surface area (Å²) in [4.78, 5) is 11.7. The first-order valence-electron chi connectivity index (χ1n) is 7.56. The van der Waals surface area contributed by atoms with Crippen LogP contribution in [0, 0.1) is 0 Å². The van der Waals surface area contributed by atoms with E-state index in [0.29, 0.717) is 13.2 Å². The minimum atomic E-state index is -0.0940. The standard InChI is InChI=1S/C17H25NO3/c1-2-21-16-10-6-5-9-15(16)11-12-17(20)18-13-7-3-4-8-14-19/h5-6,9-12,19H,2-4,7-8,13-14H2,1H3,(H,18,20)/b12-11+. The number of rotatable bonds is 10. The molecule has 0 aliphatic carbocycles. The van der Waals surface area contributed by atoms with Crippen molar-refractivity contribution in [3.63, 3.8) is 0 Å². The second-order valence-electron chi connectivity index (χ2n) is 4.73. The Morgan fingerprint density at radius 2 is 2.00 bits per heavy atom. The highest BCUT2D eigenvalue weighted by atomic mass is 16.5. The number of para-hydroxylation sites is 1. The van der Waals surface area contributed by atoms with E-state index in [2.05, 4.69) is 5.32 Å². The number of carbonyl (C=O) groups is 1. The molecule has 0 aromatic heterocycles. The summed E-state index contributed by atoms with van der Waals surface area (Å²) in [6.07, 6.45) is 7.11. The average Bonchev–Trinajstić information content (AvgIpc) is 2.50. The molecule has 0 aliphatic heterocycles. The first-order valence-corrected chi connectivity index (χ1v) is 7.56. The van der Waals surface area contributed by atoms with Crippen LogP contribution < -0.4 is 10.1 Å². The predicted octanol–water partition coefficient (Wildman–Crippen LogP) is 2.77. The largest absolute Gasteiger partial charge is 0.493 e. The van der Waals surface area contributed by atoms with Gasteiger partial charge in [-0.1, -0.05) is 31.0 Å². The van der Waals surface area contributed by atoms with E-state index in [0.717, 1.165) is 37.0 Å². The zero-order valence-corrected chi connectivity index (χ0v) is 12.7. The second kappa shape index (κ2) is 10.9. The number of hydrogen-bond acceptors (Lipinski definition) is 3. The third-order valence-electron chi connectivity index (χ3n) is 3.02. The van der Waals surface area contributed by atoms with Crippen molar-refractivity contribution in [2.24, 2.45) is 0 Å². The van der Waals surface area contributed by atoms with Gasteiger partial charge in [-0.05, 0) is 31.9 Å². The fourth-order valence-corrected chi connectivity index (χ4v) is 1.93. The third kappa shape index (κ3) is 7.51. The van der Waals surface area contributed by atoms with Crippen molar-refractivity contribution in [3.8, 4) is 5.75 Å². The molecule has 0 radical (unpaired) electrons. The number of benzene rings is 1. The van der Waals surface area contributed by atoms with Crippen LogP contribution >= 0.6 is 0 Å². The molecule has 4 nitrogen and oxygen atoms in total. The van der Waals surface area contributed by atoms with Crippen molar-refractivity contribution in [2.75, 3.05) is 19.8 Å². The molecule has 0 saturated carbocycles. The summed E-state index contributed by atoms with van der Waals surface area (Å²) in [7, 11) is 0. The van der Waals surface area contributed by atoms with Crippen molar-refractivity contribution in [3.05, 3.63) is 35.9 Å². The Morgan fingerprint density at radius 1 is 1.24 bits per heavy atom. The Balaban J connectivity index is 2.33. The van der Waals surface area contributed by atoms with Gasteiger partial charge in [0.25, 0.3) is 0 Å². The molecule has 2 N–H and O–H groups in total. The molecule has 0 fully saturated rings. The summed E-state index contributed by atoms with van der Waals surface area (Å²) < 4.78 is 5.50. The summed E-state index contributed by atoms with van der Waals surface area (Å²) in [5.41, 5.74) is 0.900. The molecular formula is C17H25NO3. The zero-order valence-electron chi connectivity index (χ0n) is 12.7. The van der Waals surface area contributed by atoms with Crippen LogP contribution in [-0.4, -0.2) is 30.8 Å². The van der Waals surface area contributed by atoms with Crippen molar-refractivity contribution >= 4 is 12.0 Å². The first-order chi connectivity index (χ1) is 10.3. The molecule has 0 aliphatic rings. The summed E-state index contributed by atoms with van der Waals surface area (Å²) in [5, 5.41) is 11.5. The van der Waals surface area contributed by atoms with E-state index in [-0.39, 0.29) is 12.5 Å². The molecular weight excluding hydrogens is 266 g/mol. The minimum Gasteiger partial charge on any atom is -0.493 e. The van der Waals surface area contributed by atoms with Crippen molar-refractivity contribution < 1.29 is 14.6 Å². The highest BCUT2D eigenvalue weighted by molar-refractivity contribution is 5.92. The van der Waals surface area contributed by atoms with Crippen LogP contribution in [0.4, 0.5) is 0 Å². The van der Waals surface area contributed by atoms with Gasteiger partial charge in [0.2, 0.25) is 5.91 Å². The molecule has 4 heteroatoms. The average molecular weight is 291 g/mol. The number of unbranched alkanes of at least 4 members (excludes halogenated alkanes) is 3. The van der Waals surface area contributed by atoms with E-state index in [1.54, 1.807) is 6.08 Å². The van der Waals surface area contributed by atoms with Crippen LogP contribution in [0.3, 0.4) is 0 Å². The van der Waals surface area contributed by atoms with Crippen molar-refractivity contribution in [2.45, 2.75) is 32.6 Å². The SMILES string of the molecule is CCOc1ccccc1/C=C/C(=O)NCCCCCCO. The van der Waals surface area contributed by atoms with Gasteiger partial charge in [-0.25, -0.2) is 0 Å². The fraction of sp³-hybridized carbons (Fsp3) is 0.471. The topological polar surface area (TPSA) is 58.6 Å². The highest BCUT2D eigenvalue weighted by Crippen LogP contribution is 2.19. The van der Waals surface area contributed by atoms with Gasteiger partial charge in [0.05, 0.1) is 6.61 Å². The molecule has 0 heterocycles.